The van der Waals surface area contributed by atoms with Crippen LogP contribution in [0.25, 0.3) is 0 Å². The monoisotopic (exact) mass is 305 g/mol. The van der Waals surface area contributed by atoms with Gasteiger partial charge in [-0.25, -0.2) is 0 Å². The second-order valence-corrected chi connectivity index (χ2v) is 5.90. The predicted molar refractivity (Wildman–Crippen MR) is 82.6 cm³/mol. The van der Waals surface area contributed by atoms with Gasteiger partial charge in [0.25, 0.3) is 0 Å². The Balaban J connectivity index is 2.01. The number of rotatable bonds is 5. The van der Waals surface area contributed by atoms with Crippen molar-refractivity contribution in [1.82, 2.24) is 4.90 Å². The van der Waals surface area contributed by atoms with E-state index < -0.39 is 5.97 Å². The van der Waals surface area contributed by atoms with Crippen molar-refractivity contribution in [1.29, 1.82) is 0 Å². The summed E-state index contributed by atoms with van der Waals surface area (Å²) in [5.74, 6) is -0.576. The summed E-state index contributed by atoms with van der Waals surface area (Å²) in [7, 11) is 3.37. The van der Waals surface area contributed by atoms with Crippen LogP contribution in [0.1, 0.15) is 31.2 Å². The maximum atomic E-state index is 12.6. The molecule has 5 heteroatoms. The molecule has 22 heavy (non-hydrogen) atoms. The van der Waals surface area contributed by atoms with Gasteiger partial charge in [-0.1, -0.05) is 24.6 Å². The summed E-state index contributed by atoms with van der Waals surface area (Å²) in [6.45, 7) is 0.469. The molecule has 1 N–H and O–H groups in total. The van der Waals surface area contributed by atoms with Crippen LogP contribution in [0, 0.1) is 11.8 Å². The zero-order valence-corrected chi connectivity index (χ0v) is 13.1. The highest BCUT2D eigenvalue weighted by atomic mass is 16.5. The number of carboxylic acids is 1. The van der Waals surface area contributed by atoms with Crippen LogP contribution < -0.4 is 4.74 Å². The van der Waals surface area contributed by atoms with Crippen molar-refractivity contribution in [3.63, 3.8) is 0 Å². The van der Waals surface area contributed by atoms with Gasteiger partial charge in [-0.2, -0.15) is 0 Å². The Morgan fingerprint density at radius 3 is 2.64 bits per heavy atom. The lowest BCUT2D eigenvalue weighted by Crippen LogP contribution is -2.36. The zero-order chi connectivity index (χ0) is 16.1. The molecule has 1 aliphatic carbocycles. The average molecular weight is 305 g/mol. The molecular formula is C17H23NO4. The van der Waals surface area contributed by atoms with E-state index in [0.717, 1.165) is 24.2 Å². The molecule has 1 fully saturated rings. The van der Waals surface area contributed by atoms with E-state index in [0.29, 0.717) is 19.4 Å². The van der Waals surface area contributed by atoms with Crippen LogP contribution in [0.4, 0.5) is 0 Å². The fraction of sp³-hybridized carbons (Fsp3) is 0.529. The SMILES string of the molecule is COc1ccccc1CN(C)C(=O)[C@@H]1CCC[C@@H](C(=O)O)C1. The molecule has 0 bridgehead atoms. The lowest BCUT2D eigenvalue weighted by Gasteiger charge is -2.29. The summed E-state index contributed by atoms with van der Waals surface area (Å²) >= 11 is 0. The summed E-state index contributed by atoms with van der Waals surface area (Å²) in [5, 5.41) is 9.14. The summed E-state index contributed by atoms with van der Waals surface area (Å²) in [6, 6.07) is 7.61. The third kappa shape index (κ3) is 3.78. The molecule has 1 amide bonds. The third-order valence-electron chi connectivity index (χ3n) is 4.35. The number of ether oxygens (including phenoxy) is 1. The summed E-state index contributed by atoms with van der Waals surface area (Å²) in [4.78, 5) is 25.4. The number of hydrogen-bond acceptors (Lipinski definition) is 3. The molecule has 2 atom stereocenters. The first kappa shape index (κ1) is 16.3. The molecule has 0 saturated heterocycles. The largest absolute Gasteiger partial charge is 0.496 e. The van der Waals surface area contributed by atoms with Gasteiger partial charge < -0.3 is 14.7 Å². The fourth-order valence-electron chi connectivity index (χ4n) is 3.12. The predicted octanol–water partition coefficient (Wildman–Crippen LogP) is 2.54. The van der Waals surface area contributed by atoms with Crippen LogP contribution in [0.2, 0.25) is 0 Å². The third-order valence-corrected chi connectivity index (χ3v) is 4.35. The Bertz CT molecular complexity index is 543. The number of benzene rings is 1. The summed E-state index contributed by atoms with van der Waals surface area (Å²) in [6.07, 6.45) is 2.70. The van der Waals surface area contributed by atoms with E-state index in [-0.39, 0.29) is 17.7 Å². The molecule has 1 saturated carbocycles. The Labute approximate surface area is 130 Å². The zero-order valence-electron chi connectivity index (χ0n) is 13.1. The normalized spacial score (nSPS) is 21.2. The van der Waals surface area contributed by atoms with E-state index in [4.69, 9.17) is 9.84 Å². The van der Waals surface area contributed by atoms with Gasteiger partial charge in [-0.15, -0.1) is 0 Å². The maximum Gasteiger partial charge on any atom is 0.306 e. The number of methoxy groups -OCH3 is 1. The molecule has 0 aromatic heterocycles. The smallest absolute Gasteiger partial charge is 0.306 e. The van der Waals surface area contributed by atoms with E-state index in [1.54, 1.807) is 19.1 Å². The Kier molecular flexibility index (Phi) is 5.41. The first-order valence-corrected chi connectivity index (χ1v) is 7.62. The number of amides is 1. The quantitative estimate of drug-likeness (QED) is 0.908. The lowest BCUT2D eigenvalue weighted by atomic mass is 9.81. The molecule has 1 aliphatic rings. The van der Waals surface area contributed by atoms with E-state index in [9.17, 15) is 9.59 Å². The first-order valence-electron chi connectivity index (χ1n) is 7.62. The lowest BCUT2D eigenvalue weighted by molar-refractivity contribution is -0.145. The molecule has 120 valence electrons. The Morgan fingerprint density at radius 1 is 1.27 bits per heavy atom. The number of nitrogens with zero attached hydrogens (tertiary/aromatic N) is 1. The van der Waals surface area contributed by atoms with Crippen molar-refractivity contribution in [2.75, 3.05) is 14.2 Å². The van der Waals surface area contributed by atoms with Crippen molar-refractivity contribution in [3.8, 4) is 5.75 Å². The van der Waals surface area contributed by atoms with E-state index >= 15 is 0 Å². The van der Waals surface area contributed by atoms with Crippen LogP contribution in [-0.2, 0) is 16.1 Å². The van der Waals surface area contributed by atoms with Gasteiger partial charge >= 0.3 is 5.97 Å². The van der Waals surface area contributed by atoms with Crippen LogP contribution in [0.15, 0.2) is 24.3 Å². The highest BCUT2D eigenvalue weighted by Crippen LogP contribution is 2.31. The Morgan fingerprint density at radius 2 is 1.95 bits per heavy atom. The molecule has 0 unspecified atom stereocenters. The van der Waals surface area contributed by atoms with E-state index in [1.807, 2.05) is 24.3 Å². The minimum absolute atomic E-state index is 0.0249. The molecule has 5 nitrogen and oxygen atoms in total. The number of carbonyl (C=O) groups excluding carboxylic acids is 1. The molecule has 0 spiro atoms. The van der Waals surface area contributed by atoms with Gasteiger partial charge in [0.15, 0.2) is 0 Å². The van der Waals surface area contributed by atoms with Gasteiger partial charge in [0.1, 0.15) is 5.75 Å². The van der Waals surface area contributed by atoms with Gasteiger partial charge in [-0.3, -0.25) is 9.59 Å². The molecule has 0 radical (unpaired) electrons. The molecule has 0 aliphatic heterocycles. The first-order chi connectivity index (χ1) is 10.5. The van der Waals surface area contributed by atoms with Crippen molar-refractivity contribution < 1.29 is 19.4 Å². The van der Waals surface area contributed by atoms with Crippen molar-refractivity contribution >= 4 is 11.9 Å². The minimum atomic E-state index is -0.787. The number of para-hydroxylation sites is 1. The molecule has 1 aromatic rings. The summed E-state index contributed by atoms with van der Waals surface area (Å²) in [5.41, 5.74) is 0.950. The van der Waals surface area contributed by atoms with E-state index in [2.05, 4.69) is 0 Å². The average Bonchev–Trinajstić information content (AvgIpc) is 2.54. The highest BCUT2D eigenvalue weighted by Gasteiger charge is 2.32. The summed E-state index contributed by atoms with van der Waals surface area (Å²) < 4.78 is 5.30. The second kappa shape index (κ2) is 7.29. The minimum Gasteiger partial charge on any atom is -0.496 e. The Hall–Kier alpha value is -2.04. The molecule has 1 aromatic carbocycles. The van der Waals surface area contributed by atoms with Crippen LogP contribution in [0.3, 0.4) is 0 Å². The van der Waals surface area contributed by atoms with Crippen LogP contribution in [0.5, 0.6) is 5.75 Å². The second-order valence-electron chi connectivity index (χ2n) is 5.90. The topological polar surface area (TPSA) is 66.8 Å². The number of carbonyl (C=O) groups is 2. The van der Waals surface area contributed by atoms with Crippen molar-refractivity contribution in [2.45, 2.75) is 32.2 Å². The number of carboxylic acid groups (broad SMARTS) is 1. The van der Waals surface area contributed by atoms with Gasteiger partial charge in [0, 0.05) is 25.1 Å². The molecular weight excluding hydrogens is 282 g/mol. The molecule has 0 heterocycles. The van der Waals surface area contributed by atoms with Gasteiger partial charge in [0.2, 0.25) is 5.91 Å². The van der Waals surface area contributed by atoms with E-state index in [1.165, 1.54) is 0 Å². The molecule has 2 rings (SSSR count). The standard InChI is InChI=1S/C17H23NO4/c1-18(11-14-6-3-4-9-15(14)22-2)16(19)12-7-5-8-13(10-12)17(20)21/h3-4,6,9,12-13H,5,7-8,10-11H2,1-2H3,(H,20,21)/t12-,13-/m1/s1. The van der Waals surface area contributed by atoms with Crippen molar-refractivity contribution in [2.24, 2.45) is 11.8 Å². The highest BCUT2D eigenvalue weighted by molar-refractivity contribution is 5.80. The number of hydrogen-bond donors (Lipinski definition) is 1. The van der Waals surface area contributed by atoms with Crippen LogP contribution >= 0.6 is 0 Å². The van der Waals surface area contributed by atoms with Gasteiger partial charge in [0.05, 0.1) is 13.0 Å². The van der Waals surface area contributed by atoms with Crippen molar-refractivity contribution in [3.05, 3.63) is 29.8 Å². The van der Waals surface area contributed by atoms with Gasteiger partial charge in [-0.05, 0) is 25.3 Å². The van der Waals surface area contributed by atoms with Crippen LogP contribution in [-0.4, -0.2) is 36.0 Å². The fourth-order valence-corrected chi connectivity index (χ4v) is 3.12. The maximum absolute atomic E-state index is 12.6. The number of aliphatic carboxylic acids is 1.